The molecule has 0 spiro atoms. The first kappa shape index (κ1) is 21.2. The lowest BCUT2D eigenvalue weighted by Crippen LogP contribution is -2.38. The summed E-state index contributed by atoms with van der Waals surface area (Å²) in [5.74, 6) is 1.74. The van der Waals surface area contributed by atoms with Gasteiger partial charge in [-0.25, -0.2) is 4.98 Å². The molecule has 0 saturated carbocycles. The van der Waals surface area contributed by atoms with Crippen LogP contribution in [0.4, 0.5) is 0 Å². The van der Waals surface area contributed by atoms with Crippen LogP contribution in [0.3, 0.4) is 0 Å². The number of ether oxygens (including phenoxy) is 2. The second-order valence-corrected chi connectivity index (χ2v) is 8.92. The SMILES string of the molecule is COc1ccccc1CN1CCc2nc([C@@H]3CCN(C(=O)[C@H]4CCCO4)C3)[nH]c(=O)c2C1. The van der Waals surface area contributed by atoms with Gasteiger partial charge in [0.2, 0.25) is 0 Å². The summed E-state index contributed by atoms with van der Waals surface area (Å²) in [5.41, 5.74) is 2.70. The Morgan fingerprint density at radius 1 is 1.28 bits per heavy atom. The minimum atomic E-state index is -0.293. The molecule has 2 aromatic rings. The van der Waals surface area contributed by atoms with Crippen LogP contribution < -0.4 is 10.3 Å². The van der Waals surface area contributed by atoms with Crippen molar-refractivity contribution >= 4 is 5.91 Å². The molecule has 8 nitrogen and oxygen atoms in total. The van der Waals surface area contributed by atoms with Gasteiger partial charge in [-0.1, -0.05) is 18.2 Å². The lowest BCUT2D eigenvalue weighted by Gasteiger charge is -2.28. The van der Waals surface area contributed by atoms with E-state index in [0.717, 1.165) is 67.2 Å². The van der Waals surface area contributed by atoms with E-state index < -0.39 is 0 Å². The first-order chi connectivity index (χ1) is 15.6. The lowest BCUT2D eigenvalue weighted by molar-refractivity contribution is -0.139. The fourth-order valence-corrected chi connectivity index (χ4v) is 5.06. The number of carbonyl (C=O) groups is 1. The third-order valence-corrected chi connectivity index (χ3v) is 6.84. The van der Waals surface area contributed by atoms with Gasteiger partial charge in [-0.2, -0.15) is 0 Å². The largest absolute Gasteiger partial charge is 0.496 e. The van der Waals surface area contributed by atoms with Gasteiger partial charge in [0.25, 0.3) is 11.5 Å². The molecule has 1 amide bonds. The molecule has 2 fully saturated rings. The fourth-order valence-electron chi connectivity index (χ4n) is 5.06. The summed E-state index contributed by atoms with van der Waals surface area (Å²) in [6, 6.07) is 7.99. The molecule has 170 valence electrons. The molecule has 32 heavy (non-hydrogen) atoms. The molecular formula is C24H30N4O4. The fraction of sp³-hybridized carbons (Fsp3) is 0.542. The predicted octanol–water partition coefficient (Wildman–Crippen LogP) is 1.83. The van der Waals surface area contributed by atoms with E-state index in [1.54, 1.807) is 7.11 Å². The van der Waals surface area contributed by atoms with Crippen molar-refractivity contribution in [3.05, 3.63) is 57.3 Å². The van der Waals surface area contributed by atoms with Crippen molar-refractivity contribution < 1.29 is 14.3 Å². The number of likely N-dealkylation sites (tertiary alicyclic amines) is 1. The van der Waals surface area contributed by atoms with Gasteiger partial charge in [-0.3, -0.25) is 14.5 Å². The number of aromatic nitrogens is 2. The molecule has 0 aliphatic carbocycles. The molecule has 2 saturated heterocycles. The Balaban J connectivity index is 1.27. The van der Waals surface area contributed by atoms with E-state index in [1.807, 2.05) is 23.1 Å². The molecule has 0 bridgehead atoms. The number of aromatic amines is 1. The molecule has 0 unspecified atom stereocenters. The van der Waals surface area contributed by atoms with Crippen LogP contribution in [0.2, 0.25) is 0 Å². The number of hydrogen-bond acceptors (Lipinski definition) is 6. The quantitative estimate of drug-likeness (QED) is 0.766. The summed E-state index contributed by atoms with van der Waals surface area (Å²) in [5, 5.41) is 0. The van der Waals surface area contributed by atoms with E-state index in [-0.39, 0.29) is 23.5 Å². The minimum absolute atomic E-state index is 0.0568. The van der Waals surface area contributed by atoms with Crippen molar-refractivity contribution in [3.8, 4) is 5.75 Å². The number of nitrogens with zero attached hydrogens (tertiary/aromatic N) is 3. The van der Waals surface area contributed by atoms with E-state index in [1.165, 1.54) is 0 Å². The molecule has 5 rings (SSSR count). The Morgan fingerprint density at radius 2 is 2.16 bits per heavy atom. The molecular weight excluding hydrogens is 408 g/mol. The van der Waals surface area contributed by atoms with Crippen molar-refractivity contribution in [2.24, 2.45) is 0 Å². The molecule has 4 heterocycles. The maximum atomic E-state index is 12.9. The number of rotatable bonds is 5. The maximum absolute atomic E-state index is 12.9. The molecule has 2 atom stereocenters. The zero-order valence-corrected chi connectivity index (χ0v) is 18.5. The van der Waals surface area contributed by atoms with E-state index in [4.69, 9.17) is 14.5 Å². The Hall–Kier alpha value is -2.71. The van der Waals surface area contributed by atoms with Gasteiger partial charge in [0.05, 0.1) is 18.4 Å². The van der Waals surface area contributed by atoms with E-state index in [2.05, 4.69) is 16.0 Å². The van der Waals surface area contributed by atoms with Crippen LogP contribution in [0.5, 0.6) is 5.75 Å². The Bertz CT molecular complexity index is 1050. The Kier molecular flexibility index (Phi) is 5.97. The van der Waals surface area contributed by atoms with E-state index in [9.17, 15) is 9.59 Å². The number of hydrogen-bond donors (Lipinski definition) is 1. The molecule has 1 aromatic carbocycles. The first-order valence-corrected chi connectivity index (χ1v) is 11.5. The first-order valence-electron chi connectivity index (χ1n) is 11.5. The van der Waals surface area contributed by atoms with Crippen LogP contribution in [0, 0.1) is 0 Å². The monoisotopic (exact) mass is 438 g/mol. The molecule has 3 aliphatic heterocycles. The zero-order chi connectivity index (χ0) is 22.1. The number of para-hydroxylation sites is 1. The summed E-state index contributed by atoms with van der Waals surface area (Å²) in [7, 11) is 1.68. The van der Waals surface area contributed by atoms with E-state index >= 15 is 0 Å². The highest BCUT2D eigenvalue weighted by Crippen LogP contribution is 2.28. The minimum Gasteiger partial charge on any atom is -0.496 e. The Morgan fingerprint density at radius 3 is 2.97 bits per heavy atom. The highest BCUT2D eigenvalue weighted by Gasteiger charge is 2.35. The summed E-state index contributed by atoms with van der Waals surface area (Å²) in [6.07, 6.45) is 3.02. The second kappa shape index (κ2) is 9.03. The third-order valence-electron chi connectivity index (χ3n) is 6.84. The van der Waals surface area contributed by atoms with Crippen LogP contribution in [-0.2, 0) is 29.0 Å². The van der Waals surface area contributed by atoms with Gasteiger partial charge in [0.1, 0.15) is 17.7 Å². The summed E-state index contributed by atoms with van der Waals surface area (Å²) < 4.78 is 11.0. The number of nitrogens with one attached hydrogen (secondary N) is 1. The summed E-state index contributed by atoms with van der Waals surface area (Å²) in [4.78, 5) is 37.6. The second-order valence-electron chi connectivity index (χ2n) is 8.92. The van der Waals surface area contributed by atoms with Crippen LogP contribution >= 0.6 is 0 Å². The van der Waals surface area contributed by atoms with Crippen molar-refractivity contribution in [2.45, 2.75) is 50.8 Å². The van der Waals surface area contributed by atoms with Crippen molar-refractivity contribution in [1.29, 1.82) is 0 Å². The molecule has 3 aliphatic rings. The van der Waals surface area contributed by atoms with Gasteiger partial charge in [0, 0.05) is 57.2 Å². The molecule has 8 heteroatoms. The van der Waals surface area contributed by atoms with Gasteiger partial charge >= 0.3 is 0 Å². The van der Waals surface area contributed by atoms with Gasteiger partial charge < -0.3 is 19.4 Å². The Labute approximate surface area is 187 Å². The highest BCUT2D eigenvalue weighted by molar-refractivity contribution is 5.81. The highest BCUT2D eigenvalue weighted by atomic mass is 16.5. The topological polar surface area (TPSA) is 87.8 Å². The standard InChI is InChI=1S/C24H30N4O4/c1-31-20-6-3-2-5-16(20)13-27-10-9-19-18(15-27)23(29)26-22(25-19)17-8-11-28(14-17)24(30)21-7-4-12-32-21/h2-3,5-6,17,21H,4,7-15H2,1H3,(H,25,26,29)/t17-,21-/m1/s1. The number of benzene rings is 1. The van der Waals surface area contributed by atoms with Crippen LogP contribution in [0.15, 0.2) is 29.1 Å². The van der Waals surface area contributed by atoms with Gasteiger partial charge in [0.15, 0.2) is 0 Å². The summed E-state index contributed by atoms with van der Waals surface area (Å²) in [6.45, 7) is 4.10. The van der Waals surface area contributed by atoms with E-state index in [0.29, 0.717) is 26.2 Å². The number of fused-ring (bicyclic) bond motifs is 1. The predicted molar refractivity (Wildman–Crippen MR) is 119 cm³/mol. The lowest BCUT2D eigenvalue weighted by atomic mass is 10.0. The van der Waals surface area contributed by atoms with Crippen molar-refractivity contribution in [1.82, 2.24) is 19.8 Å². The molecule has 1 aromatic heterocycles. The van der Waals surface area contributed by atoms with Gasteiger partial charge in [-0.15, -0.1) is 0 Å². The maximum Gasteiger partial charge on any atom is 0.255 e. The zero-order valence-electron chi connectivity index (χ0n) is 18.5. The number of amides is 1. The average molecular weight is 439 g/mol. The number of H-pyrrole nitrogens is 1. The third kappa shape index (κ3) is 4.17. The van der Waals surface area contributed by atoms with Gasteiger partial charge in [-0.05, 0) is 25.3 Å². The van der Waals surface area contributed by atoms with Crippen LogP contribution in [-0.4, -0.2) is 65.1 Å². The average Bonchev–Trinajstić information content (AvgIpc) is 3.52. The van der Waals surface area contributed by atoms with Crippen LogP contribution in [0.25, 0.3) is 0 Å². The normalized spacial score (nSPS) is 23.3. The number of carbonyl (C=O) groups excluding carboxylic acids is 1. The summed E-state index contributed by atoms with van der Waals surface area (Å²) >= 11 is 0. The molecule has 1 N–H and O–H groups in total. The number of methoxy groups -OCH3 is 1. The smallest absolute Gasteiger partial charge is 0.255 e. The van der Waals surface area contributed by atoms with Crippen molar-refractivity contribution in [3.63, 3.8) is 0 Å². The molecule has 0 radical (unpaired) electrons. The van der Waals surface area contributed by atoms with Crippen LogP contribution in [0.1, 0.15) is 47.8 Å². The van der Waals surface area contributed by atoms with Crippen molar-refractivity contribution in [2.75, 3.05) is 33.4 Å².